The summed E-state index contributed by atoms with van der Waals surface area (Å²) >= 11 is 0. The molecule has 0 radical (unpaired) electrons. The van der Waals surface area contributed by atoms with Crippen LogP contribution in [-0.2, 0) is 37.4 Å². The Bertz CT molecular complexity index is 3350. The number of rotatable bonds is 12. The summed E-state index contributed by atoms with van der Waals surface area (Å²) in [6.07, 6.45) is 18.7. The number of aryl methyl sites for hydroxylation is 1. The van der Waals surface area contributed by atoms with Crippen molar-refractivity contribution in [2.75, 3.05) is 78.1 Å². The number of ether oxygens (including phenoxy) is 3. The number of anilines is 1. The Labute approximate surface area is 457 Å². The minimum atomic E-state index is -0.677. The smallest absolute Gasteiger partial charge is 0.329 e. The Kier molecular flexibility index (Phi) is 16.0. The lowest BCUT2D eigenvalue weighted by Gasteiger charge is -2.40. The number of piperazine rings is 1. The summed E-state index contributed by atoms with van der Waals surface area (Å²) in [5, 5.41) is 7.59. The average Bonchev–Trinajstić information content (AvgIpc) is 4.46. The van der Waals surface area contributed by atoms with E-state index in [1.54, 1.807) is 42.1 Å². The third-order valence-electron chi connectivity index (χ3n) is 17.2. The molecule has 13 rings (SSSR count). The molecule has 18 nitrogen and oxygen atoms in total. The SMILES string of the molecule is C#Cc1c(F)ccc2cccc(-c3ncc4c(N5CC6CCC(C5)N6)nc(OC)nc4c3F)c12.COCC1CCC2CCCN21.Cn1c(=O)n(C2CCC(=O)NC2=O)c2cccc(CN3CC(OCC4CCN(C=O)CC4)C3)c21. The molecule has 0 saturated carbocycles. The van der Waals surface area contributed by atoms with Crippen LogP contribution in [0.4, 0.5) is 14.6 Å². The summed E-state index contributed by atoms with van der Waals surface area (Å²) in [4.78, 5) is 70.1. The Morgan fingerprint density at radius 1 is 0.873 bits per heavy atom. The number of hydrogen-bond donors (Lipinski definition) is 2. The minimum Gasteiger partial charge on any atom is -0.467 e. The maximum absolute atomic E-state index is 16.1. The predicted octanol–water partition coefficient (Wildman–Crippen LogP) is 5.70. The monoisotopic (exact) mass is 1080 g/mol. The lowest BCUT2D eigenvalue weighted by molar-refractivity contribution is -0.135. The molecule has 5 atom stereocenters. The number of methoxy groups -OCH3 is 2. The molecule has 2 bridgehead atoms. The molecule has 7 fully saturated rings. The van der Waals surface area contributed by atoms with Crippen molar-refractivity contribution in [3.05, 3.63) is 88.0 Å². The van der Waals surface area contributed by atoms with Crippen molar-refractivity contribution in [2.24, 2.45) is 13.0 Å². The van der Waals surface area contributed by atoms with E-state index in [2.05, 4.69) is 46.2 Å². The van der Waals surface area contributed by atoms with Crippen molar-refractivity contribution < 1.29 is 37.4 Å². The highest BCUT2D eigenvalue weighted by atomic mass is 19.1. The van der Waals surface area contributed by atoms with E-state index < -0.39 is 23.6 Å². The Balaban J connectivity index is 0.000000140. The van der Waals surface area contributed by atoms with Crippen molar-refractivity contribution in [1.29, 1.82) is 0 Å². The Morgan fingerprint density at radius 2 is 1.66 bits per heavy atom. The number of nitrogens with zero attached hydrogens (tertiary/aromatic N) is 9. The number of piperidine rings is 2. The van der Waals surface area contributed by atoms with Crippen molar-refractivity contribution >= 4 is 56.8 Å². The number of para-hydroxylation sites is 1. The van der Waals surface area contributed by atoms with E-state index in [0.717, 1.165) is 113 Å². The van der Waals surface area contributed by atoms with E-state index in [0.29, 0.717) is 58.5 Å². The normalized spacial score (nSPS) is 23.5. The third-order valence-corrected chi connectivity index (χ3v) is 17.2. The molecule has 0 spiro atoms. The van der Waals surface area contributed by atoms with Crippen LogP contribution in [0.25, 0.3) is 44.0 Å². The molecule has 2 N–H and O–H groups in total. The van der Waals surface area contributed by atoms with E-state index in [-0.39, 0.29) is 46.9 Å². The van der Waals surface area contributed by atoms with Crippen LogP contribution >= 0.6 is 0 Å². The lowest BCUT2D eigenvalue weighted by Crippen LogP contribution is -2.52. The Morgan fingerprint density at radius 3 is 2.39 bits per heavy atom. The summed E-state index contributed by atoms with van der Waals surface area (Å²) in [6, 6.07) is 15.8. The van der Waals surface area contributed by atoms with Crippen LogP contribution in [0.15, 0.2) is 59.5 Å². The highest BCUT2D eigenvalue weighted by molar-refractivity contribution is 6.02. The number of imide groups is 1. The van der Waals surface area contributed by atoms with Gasteiger partial charge in [-0.15, -0.1) is 6.42 Å². The second-order valence-corrected chi connectivity index (χ2v) is 22.1. The summed E-state index contributed by atoms with van der Waals surface area (Å²) < 4.78 is 50.3. The van der Waals surface area contributed by atoms with Gasteiger partial charge in [0.25, 0.3) is 0 Å². The molecule has 0 aliphatic carbocycles. The summed E-state index contributed by atoms with van der Waals surface area (Å²) in [6.45, 7) is 8.54. The van der Waals surface area contributed by atoms with Gasteiger partial charge in [-0.3, -0.25) is 43.6 Å². The number of halogens is 2. The van der Waals surface area contributed by atoms with Crippen molar-refractivity contribution in [3.8, 4) is 29.6 Å². The minimum absolute atomic E-state index is 0.0484. The standard InChI is InChI=1S/C26H21F2N5O.C24H31N5O5.C9H17NO/c1-3-17-20(27)10-7-14-5-4-6-18(21(14)17)23-22(28)24-19(11-29-23)25(32-26(31-24)34-2)33-12-15-8-9-16(13-33)30-15;1-26-22-17(11-28-12-18(13-28)34-14-16-7-9-27(15-30)10-8-16)3-2-4-19(22)29(24(26)33)20-5-6-21(31)25-23(20)32;1-11-7-9-5-4-8-3-2-6-10(8)9/h1,4-7,10-11,15-16,30H,8-9,12-13H2,2H3;2-4,15-16,18,20H,5-14H2,1H3,(H,25,31,32);8-9H,2-7H2,1H3. The first-order valence-corrected chi connectivity index (χ1v) is 27.8. The van der Waals surface area contributed by atoms with Crippen LogP contribution in [0.3, 0.4) is 0 Å². The van der Waals surface area contributed by atoms with Gasteiger partial charge in [0.05, 0.1) is 48.4 Å². The van der Waals surface area contributed by atoms with Gasteiger partial charge in [-0.2, -0.15) is 9.97 Å². The van der Waals surface area contributed by atoms with Crippen molar-refractivity contribution in [2.45, 2.75) is 107 Å². The lowest BCUT2D eigenvalue weighted by atomic mass is 9.96. The number of pyridine rings is 1. The van der Waals surface area contributed by atoms with E-state index in [9.17, 15) is 23.6 Å². The highest BCUT2D eigenvalue weighted by Gasteiger charge is 2.38. The number of carbonyl (C=O) groups is 3. The summed E-state index contributed by atoms with van der Waals surface area (Å²) in [5.41, 5.74) is 2.96. The number of fused-ring (bicyclic) bond motifs is 6. The molecule has 7 saturated heterocycles. The fourth-order valence-electron chi connectivity index (χ4n) is 13.1. The summed E-state index contributed by atoms with van der Waals surface area (Å²) in [5.74, 6) is 1.64. The molecule has 79 heavy (non-hydrogen) atoms. The molecular weight excluding hydrogens is 1010 g/mol. The van der Waals surface area contributed by atoms with Crippen LogP contribution < -0.4 is 26.0 Å². The van der Waals surface area contributed by atoms with Gasteiger partial charge in [-0.25, -0.2) is 13.6 Å². The Hall–Kier alpha value is -6.89. The molecular formula is C59H69F2N11O7. The molecule has 6 aromatic rings. The number of nitrogens with one attached hydrogen (secondary N) is 2. The first kappa shape index (κ1) is 54.1. The van der Waals surface area contributed by atoms with E-state index in [1.807, 2.05) is 30.2 Å². The second kappa shape index (κ2) is 23.4. The maximum atomic E-state index is 16.1. The molecule has 10 heterocycles. The van der Waals surface area contributed by atoms with Crippen LogP contribution in [0, 0.1) is 29.9 Å². The summed E-state index contributed by atoms with van der Waals surface area (Å²) in [7, 11) is 5.00. The molecule has 7 aliphatic rings. The molecule has 3 amide bonds. The van der Waals surface area contributed by atoms with Crippen LogP contribution in [0.5, 0.6) is 6.01 Å². The van der Waals surface area contributed by atoms with Gasteiger partial charge < -0.3 is 29.3 Å². The molecule has 20 heteroatoms. The van der Waals surface area contributed by atoms with Gasteiger partial charge in [-0.05, 0) is 93.3 Å². The number of imidazole rings is 1. The zero-order valence-corrected chi connectivity index (χ0v) is 45.2. The molecule has 416 valence electrons. The van der Waals surface area contributed by atoms with Gasteiger partial charge in [0, 0.05) is 108 Å². The first-order valence-electron chi connectivity index (χ1n) is 27.8. The fraction of sp³-hybridized carbons (Fsp3) is 0.508. The topological polar surface area (TPSA) is 182 Å². The number of aromatic nitrogens is 5. The van der Waals surface area contributed by atoms with E-state index in [1.165, 1.54) is 50.0 Å². The highest BCUT2D eigenvalue weighted by Crippen LogP contribution is 2.38. The maximum Gasteiger partial charge on any atom is 0.329 e. The van der Waals surface area contributed by atoms with E-state index in [4.69, 9.17) is 20.6 Å². The van der Waals surface area contributed by atoms with Crippen LogP contribution in [0.1, 0.15) is 81.4 Å². The number of carbonyl (C=O) groups excluding carboxylic acids is 3. The number of amides is 3. The number of benzene rings is 3. The van der Waals surface area contributed by atoms with Crippen molar-refractivity contribution in [3.63, 3.8) is 0 Å². The number of hydrogen-bond acceptors (Lipinski definition) is 14. The second-order valence-electron chi connectivity index (χ2n) is 22.1. The van der Waals surface area contributed by atoms with Gasteiger partial charge in [0.1, 0.15) is 28.9 Å². The van der Waals surface area contributed by atoms with Crippen LogP contribution in [0.2, 0.25) is 0 Å². The zero-order chi connectivity index (χ0) is 54.9. The zero-order valence-electron chi connectivity index (χ0n) is 45.2. The fourth-order valence-corrected chi connectivity index (χ4v) is 13.1. The molecule has 5 unspecified atom stereocenters. The molecule has 3 aromatic heterocycles. The quantitative estimate of drug-likeness (QED) is 0.0866. The van der Waals surface area contributed by atoms with Gasteiger partial charge in [0.15, 0.2) is 5.82 Å². The third kappa shape index (κ3) is 11.0. The number of terminal acetylenes is 1. The largest absolute Gasteiger partial charge is 0.467 e. The molecule has 7 aliphatic heterocycles. The van der Waals surface area contributed by atoms with Crippen molar-refractivity contribution in [1.82, 2.24) is 49.4 Å². The van der Waals surface area contributed by atoms with Gasteiger partial charge >= 0.3 is 11.7 Å². The first-order chi connectivity index (χ1) is 38.4. The van der Waals surface area contributed by atoms with Gasteiger partial charge in [-0.1, -0.05) is 42.3 Å². The van der Waals surface area contributed by atoms with Gasteiger partial charge in [0.2, 0.25) is 18.2 Å². The predicted molar refractivity (Wildman–Crippen MR) is 295 cm³/mol. The number of likely N-dealkylation sites (tertiary alicyclic amines) is 2. The molecule has 3 aromatic carbocycles. The van der Waals surface area contributed by atoms with E-state index >= 15 is 4.39 Å². The van der Waals surface area contributed by atoms with Crippen LogP contribution in [-0.4, -0.2) is 161 Å². The average molecular weight is 1080 g/mol.